The highest BCUT2D eigenvalue weighted by atomic mass is 16.6. The summed E-state index contributed by atoms with van der Waals surface area (Å²) in [6.45, 7) is 4.87. The Labute approximate surface area is 139 Å². The minimum atomic E-state index is 0.595. The highest BCUT2D eigenvalue weighted by molar-refractivity contribution is 5.54. The van der Waals surface area contributed by atoms with Gasteiger partial charge in [0.1, 0.15) is 11.4 Å². The summed E-state index contributed by atoms with van der Waals surface area (Å²) in [6.07, 6.45) is 2.29. The molecule has 3 aromatic rings. The smallest absolute Gasteiger partial charge is 0.204 e. The molecule has 2 aromatic heterocycles. The van der Waals surface area contributed by atoms with Crippen molar-refractivity contribution < 1.29 is 4.63 Å². The molecule has 0 unspecified atom stereocenters. The number of likely N-dealkylation sites (tertiary alicyclic amines) is 1. The number of benzene rings is 1. The normalized spacial score (nSPS) is 16.5. The molecule has 0 atom stereocenters. The average molecular weight is 325 g/mol. The molecule has 1 aliphatic heterocycles. The second-order valence-corrected chi connectivity index (χ2v) is 6.20. The fraction of sp³-hybridized carbons (Fsp3) is 0.438. The minimum Gasteiger partial charge on any atom is -0.297 e. The number of rotatable bonds is 4. The van der Waals surface area contributed by atoms with Crippen molar-refractivity contribution in [2.24, 2.45) is 0 Å². The molecule has 1 aromatic carbocycles. The van der Waals surface area contributed by atoms with Crippen LogP contribution in [0, 0.1) is 6.92 Å². The van der Waals surface area contributed by atoms with E-state index in [0.717, 1.165) is 49.4 Å². The van der Waals surface area contributed by atoms with Gasteiger partial charge < -0.3 is 0 Å². The molecular weight excluding hydrogens is 306 g/mol. The van der Waals surface area contributed by atoms with Crippen LogP contribution >= 0.6 is 0 Å². The first-order valence-corrected chi connectivity index (χ1v) is 8.14. The molecule has 4 rings (SSSR count). The van der Waals surface area contributed by atoms with Crippen molar-refractivity contribution in [3.8, 4) is 11.4 Å². The maximum atomic E-state index is 4.78. The first-order valence-electron chi connectivity index (χ1n) is 8.14. The van der Waals surface area contributed by atoms with Crippen molar-refractivity contribution in [3.05, 3.63) is 41.2 Å². The van der Waals surface area contributed by atoms with E-state index in [1.54, 1.807) is 0 Å². The maximum absolute atomic E-state index is 4.78. The number of aromatic nitrogens is 6. The zero-order valence-corrected chi connectivity index (χ0v) is 13.5. The fourth-order valence-corrected chi connectivity index (χ4v) is 3.22. The number of aromatic amines is 1. The molecule has 1 aliphatic rings. The van der Waals surface area contributed by atoms with Gasteiger partial charge in [-0.25, -0.2) is 4.63 Å². The maximum Gasteiger partial charge on any atom is 0.204 e. The third kappa shape index (κ3) is 3.05. The summed E-state index contributed by atoms with van der Waals surface area (Å²) in [6, 6.07) is 8.49. The van der Waals surface area contributed by atoms with E-state index >= 15 is 0 Å². The van der Waals surface area contributed by atoms with Crippen LogP contribution in [0.4, 0.5) is 0 Å². The molecule has 1 fully saturated rings. The van der Waals surface area contributed by atoms with E-state index in [4.69, 9.17) is 4.63 Å². The van der Waals surface area contributed by atoms with Crippen LogP contribution < -0.4 is 0 Å². The zero-order chi connectivity index (χ0) is 16.4. The van der Waals surface area contributed by atoms with E-state index in [1.165, 1.54) is 5.56 Å². The quantitative estimate of drug-likeness (QED) is 0.783. The molecule has 8 heteroatoms. The lowest BCUT2D eigenvalue weighted by Gasteiger charge is -2.31. The number of nitrogens with one attached hydrogen (secondary N) is 1. The first-order chi connectivity index (χ1) is 11.8. The van der Waals surface area contributed by atoms with E-state index in [0.29, 0.717) is 11.7 Å². The van der Waals surface area contributed by atoms with E-state index < -0.39 is 0 Å². The second-order valence-electron chi connectivity index (χ2n) is 6.20. The van der Waals surface area contributed by atoms with Gasteiger partial charge in [-0.3, -0.25) is 4.90 Å². The Bertz CT molecular complexity index is 773. The van der Waals surface area contributed by atoms with Gasteiger partial charge in [-0.05, 0) is 49.5 Å². The lowest BCUT2D eigenvalue weighted by molar-refractivity contribution is 0.198. The van der Waals surface area contributed by atoms with Gasteiger partial charge >= 0.3 is 0 Å². The molecule has 0 aliphatic carbocycles. The molecule has 124 valence electrons. The first kappa shape index (κ1) is 14.9. The highest BCUT2D eigenvalue weighted by Crippen LogP contribution is 2.29. The van der Waals surface area contributed by atoms with Crippen LogP contribution in [0.2, 0.25) is 0 Å². The molecule has 0 spiro atoms. The van der Waals surface area contributed by atoms with Crippen molar-refractivity contribution in [1.29, 1.82) is 0 Å². The predicted octanol–water partition coefficient (Wildman–Crippen LogP) is 1.94. The van der Waals surface area contributed by atoms with Crippen LogP contribution in [0.1, 0.15) is 35.7 Å². The van der Waals surface area contributed by atoms with Crippen molar-refractivity contribution in [3.63, 3.8) is 0 Å². The molecule has 1 N–H and O–H groups in total. The van der Waals surface area contributed by atoms with Gasteiger partial charge in [-0.1, -0.05) is 34.6 Å². The number of H-pyrrole nitrogens is 1. The summed E-state index contributed by atoms with van der Waals surface area (Å²) in [5.74, 6) is 1.23. The summed E-state index contributed by atoms with van der Waals surface area (Å²) >= 11 is 0. The third-order valence-electron chi connectivity index (χ3n) is 4.69. The van der Waals surface area contributed by atoms with Crippen LogP contribution in [0.5, 0.6) is 0 Å². The van der Waals surface area contributed by atoms with Gasteiger partial charge in [0, 0.05) is 12.1 Å². The second kappa shape index (κ2) is 6.48. The molecule has 0 bridgehead atoms. The van der Waals surface area contributed by atoms with E-state index in [9.17, 15) is 0 Å². The topological polar surface area (TPSA) is 96.6 Å². The number of nitrogens with zero attached hydrogens (tertiary/aromatic N) is 6. The van der Waals surface area contributed by atoms with Gasteiger partial charge in [-0.2, -0.15) is 5.21 Å². The van der Waals surface area contributed by atoms with Crippen molar-refractivity contribution >= 4 is 0 Å². The largest absolute Gasteiger partial charge is 0.297 e. The fourth-order valence-electron chi connectivity index (χ4n) is 3.22. The Kier molecular flexibility index (Phi) is 4.04. The zero-order valence-electron chi connectivity index (χ0n) is 13.5. The Hall–Kier alpha value is -2.61. The van der Waals surface area contributed by atoms with Gasteiger partial charge in [0.15, 0.2) is 0 Å². The Morgan fingerprint density at radius 3 is 2.58 bits per heavy atom. The number of aryl methyl sites for hydroxylation is 1. The summed E-state index contributed by atoms with van der Waals surface area (Å²) in [5.41, 5.74) is 4.19. The number of piperidine rings is 1. The van der Waals surface area contributed by atoms with E-state index in [2.05, 4.69) is 60.1 Å². The minimum absolute atomic E-state index is 0.595. The van der Waals surface area contributed by atoms with Crippen LogP contribution in [0.15, 0.2) is 28.9 Å². The monoisotopic (exact) mass is 325 g/mol. The van der Waals surface area contributed by atoms with Crippen molar-refractivity contribution in [1.82, 2.24) is 35.8 Å². The number of hydrogen-bond donors (Lipinski definition) is 1. The molecule has 3 heterocycles. The lowest BCUT2D eigenvalue weighted by atomic mass is 9.89. The molecule has 0 amide bonds. The average Bonchev–Trinajstić information content (AvgIpc) is 3.29. The molecule has 0 radical (unpaired) electrons. The van der Waals surface area contributed by atoms with Crippen LogP contribution in [-0.2, 0) is 6.54 Å². The third-order valence-corrected chi connectivity index (χ3v) is 4.69. The molecule has 24 heavy (non-hydrogen) atoms. The van der Waals surface area contributed by atoms with E-state index in [1.807, 2.05) is 6.92 Å². The highest BCUT2D eigenvalue weighted by Gasteiger charge is 2.22. The molecular formula is C16H19N7O. The van der Waals surface area contributed by atoms with Crippen molar-refractivity contribution in [2.45, 2.75) is 32.2 Å². The van der Waals surface area contributed by atoms with Gasteiger partial charge in [0.25, 0.3) is 0 Å². The van der Waals surface area contributed by atoms with Gasteiger partial charge in [0.2, 0.25) is 5.82 Å². The van der Waals surface area contributed by atoms with Gasteiger partial charge in [-0.15, -0.1) is 10.2 Å². The Morgan fingerprint density at radius 1 is 1.17 bits per heavy atom. The van der Waals surface area contributed by atoms with Crippen LogP contribution in [0.3, 0.4) is 0 Å². The summed E-state index contributed by atoms with van der Waals surface area (Å²) in [4.78, 5) is 2.41. The summed E-state index contributed by atoms with van der Waals surface area (Å²) in [5, 5.41) is 21.9. The van der Waals surface area contributed by atoms with Crippen LogP contribution in [-0.4, -0.2) is 48.9 Å². The van der Waals surface area contributed by atoms with Gasteiger partial charge in [0.05, 0.1) is 0 Å². The number of tetrazole rings is 1. The van der Waals surface area contributed by atoms with Crippen molar-refractivity contribution in [2.75, 3.05) is 13.1 Å². The predicted molar refractivity (Wildman–Crippen MR) is 85.9 cm³/mol. The molecule has 1 saturated heterocycles. The van der Waals surface area contributed by atoms with Crippen LogP contribution in [0.25, 0.3) is 11.4 Å². The summed E-state index contributed by atoms with van der Waals surface area (Å²) in [7, 11) is 0. The Morgan fingerprint density at radius 2 is 1.96 bits per heavy atom. The molecule has 0 saturated carbocycles. The standard InChI is InChI=1S/C16H19N7O/c1-11-15(20-24-19-11)10-23-8-6-13(7-9-23)12-2-4-14(5-3-12)16-17-21-22-18-16/h2-5,13H,6-10H2,1H3,(H,17,18,21,22). The SMILES string of the molecule is Cc1nonc1CN1CCC(c2ccc(-c3nn[nH]n3)cc2)CC1. The summed E-state index contributed by atoms with van der Waals surface area (Å²) < 4.78 is 4.78. The van der Waals surface area contributed by atoms with E-state index in [-0.39, 0.29) is 0 Å². The molecule has 8 nitrogen and oxygen atoms in total. The Balaban J connectivity index is 1.36. The lowest BCUT2D eigenvalue weighted by Crippen LogP contribution is -2.32. The number of hydrogen-bond acceptors (Lipinski definition) is 7.